The highest BCUT2D eigenvalue weighted by Gasteiger charge is 2.22. The van der Waals surface area contributed by atoms with Gasteiger partial charge in [0, 0.05) is 17.1 Å². The monoisotopic (exact) mass is 330 g/mol. The Balaban J connectivity index is 0.00000161. The van der Waals surface area contributed by atoms with E-state index in [1.54, 1.807) is 0 Å². The zero-order valence-electron chi connectivity index (χ0n) is 12.2. The van der Waals surface area contributed by atoms with Gasteiger partial charge in [0.15, 0.2) is 0 Å². The normalized spacial score (nSPS) is 21.1. The van der Waals surface area contributed by atoms with E-state index in [-0.39, 0.29) is 12.4 Å². The van der Waals surface area contributed by atoms with Crippen molar-refractivity contribution in [1.82, 2.24) is 10.6 Å². The summed E-state index contributed by atoms with van der Waals surface area (Å²) >= 11 is 6.10. The van der Waals surface area contributed by atoms with Gasteiger partial charge in [-0.25, -0.2) is 0 Å². The summed E-state index contributed by atoms with van der Waals surface area (Å²) in [5.74, 6) is 2.51. The first-order chi connectivity index (χ1) is 9.81. The molecule has 1 aliphatic carbocycles. The lowest BCUT2D eigenvalue weighted by Gasteiger charge is -2.14. The lowest BCUT2D eigenvalue weighted by Crippen LogP contribution is -2.24. The number of halogens is 2. The van der Waals surface area contributed by atoms with Crippen molar-refractivity contribution in [3.8, 4) is 5.75 Å². The zero-order valence-corrected chi connectivity index (χ0v) is 13.8. The number of ether oxygens (including phenoxy) is 1. The lowest BCUT2D eigenvalue weighted by atomic mass is 10.1. The molecule has 2 fully saturated rings. The van der Waals surface area contributed by atoms with Crippen molar-refractivity contribution < 1.29 is 4.74 Å². The van der Waals surface area contributed by atoms with Crippen LogP contribution in [0.15, 0.2) is 18.2 Å². The Morgan fingerprint density at radius 2 is 2.10 bits per heavy atom. The molecule has 3 nitrogen and oxygen atoms in total. The van der Waals surface area contributed by atoms with E-state index in [1.165, 1.54) is 24.8 Å². The van der Waals surface area contributed by atoms with E-state index in [0.29, 0.717) is 0 Å². The summed E-state index contributed by atoms with van der Waals surface area (Å²) in [4.78, 5) is 0. The number of rotatable bonds is 7. The van der Waals surface area contributed by atoms with Crippen LogP contribution in [0.2, 0.25) is 5.02 Å². The Kier molecular flexibility index (Phi) is 6.62. The summed E-state index contributed by atoms with van der Waals surface area (Å²) in [6, 6.07) is 5.93. The van der Waals surface area contributed by atoms with Crippen LogP contribution in [-0.4, -0.2) is 26.2 Å². The van der Waals surface area contributed by atoms with Gasteiger partial charge in [0.2, 0.25) is 0 Å². The Morgan fingerprint density at radius 1 is 1.24 bits per heavy atom. The number of hydrogen-bond acceptors (Lipinski definition) is 3. The largest absolute Gasteiger partial charge is 0.493 e. The van der Waals surface area contributed by atoms with Gasteiger partial charge in [-0.05, 0) is 68.9 Å². The molecule has 0 spiro atoms. The highest BCUT2D eigenvalue weighted by atomic mass is 35.5. The Bertz CT molecular complexity index is 446. The molecule has 2 aliphatic rings. The quantitative estimate of drug-likeness (QED) is 0.805. The van der Waals surface area contributed by atoms with Gasteiger partial charge in [0.25, 0.3) is 0 Å². The molecule has 5 heteroatoms. The Labute approximate surface area is 138 Å². The van der Waals surface area contributed by atoms with E-state index in [1.807, 2.05) is 18.2 Å². The summed E-state index contributed by atoms with van der Waals surface area (Å²) in [7, 11) is 0. The van der Waals surface area contributed by atoms with Crippen molar-refractivity contribution in [2.24, 2.45) is 11.8 Å². The minimum absolute atomic E-state index is 0. The third-order valence-electron chi connectivity index (χ3n) is 4.10. The van der Waals surface area contributed by atoms with Gasteiger partial charge in [-0.15, -0.1) is 12.4 Å². The van der Waals surface area contributed by atoms with Crippen LogP contribution in [0.25, 0.3) is 0 Å². The number of hydrogen-bond donors (Lipinski definition) is 2. The van der Waals surface area contributed by atoms with Crippen LogP contribution >= 0.6 is 24.0 Å². The topological polar surface area (TPSA) is 33.3 Å². The Hall–Kier alpha value is -0.480. The molecular weight excluding hydrogens is 307 g/mol. The fourth-order valence-electron chi connectivity index (χ4n) is 2.62. The van der Waals surface area contributed by atoms with Crippen LogP contribution < -0.4 is 15.4 Å². The number of benzene rings is 1. The molecule has 1 saturated heterocycles. The van der Waals surface area contributed by atoms with Crippen LogP contribution in [-0.2, 0) is 6.54 Å². The van der Waals surface area contributed by atoms with E-state index < -0.39 is 0 Å². The van der Waals surface area contributed by atoms with E-state index in [0.717, 1.165) is 55.4 Å². The maximum absolute atomic E-state index is 6.10. The summed E-state index contributed by atoms with van der Waals surface area (Å²) < 4.78 is 5.93. The first-order valence-electron chi connectivity index (χ1n) is 7.64. The molecule has 0 radical (unpaired) electrons. The predicted octanol–water partition coefficient (Wildman–Crippen LogP) is 3.25. The summed E-state index contributed by atoms with van der Waals surface area (Å²) in [6.45, 7) is 5.02. The minimum atomic E-state index is 0. The van der Waals surface area contributed by atoms with E-state index in [9.17, 15) is 0 Å². The van der Waals surface area contributed by atoms with Crippen LogP contribution in [0.5, 0.6) is 5.75 Å². The average Bonchev–Trinajstić information content (AvgIpc) is 3.13. The first kappa shape index (κ1) is 16.9. The van der Waals surface area contributed by atoms with Crippen molar-refractivity contribution in [3.05, 3.63) is 28.8 Å². The van der Waals surface area contributed by atoms with Gasteiger partial charge < -0.3 is 15.4 Å². The SMILES string of the molecule is Cl.Clc1ccc(OCC2CC2)c(CNC[C@@H]2CCNC2)c1. The highest BCUT2D eigenvalue weighted by Crippen LogP contribution is 2.31. The number of nitrogens with one attached hydrogen (secondary N) is 2. The highest BCUT2D eigenvalue weighted by molar-refractivity contribution is 6.30. The molecule has 0 aromatic heterocycles. The van der Waals surface area contributed by atoms with Gasteiger partial charge in [0.1, 0.15) is 5.75 Å². The standard InChI is InChI=1S/C16H23ClN2O.ClH/c17-15-3-4-16(20-11-12-1-2-12)14(7-15)10-19-9-13-5-6-18-8-13;/h3-4,7,12-13,18-19H,1-2,5-6,8-11H2;1H/t13-;/m1./s1. The van der Waals surface area contributed by atoms with Crippen molar-refractivity contribution in [1.29, 1.82) is 0 Å². The summed E-state index contributed by atoms with van der Waals surface area (Å²) in [5.41, 5.74) is 1.17. The van der Waals surface area contributed by atoms with Crippen molar-refractivity contribution in [2.45, 2.75) is 25.8 Å². The summed E-state index contributed by atoms with van der Waals surface area (Å²) in [6.07, 6.45) is 3.90. The third kappa shape index (κ3) is 5.33. The first-order valence-corrected chi connectivity index (χ1v) is 8.02. The van der Waals surface area contributed by atoms with E-state index >= 15 is 0 Å². The molecule has 118 valence electrons. The molecule has 1 aliphatic heterocycles. The van der Waals surface area contributed by atoms with Crippen molar-refractivity contribution in [2.75, 3.05) is 26.2 Å². The van der Waals surface area contributed by atoms with E-state index in [2.05, 4.69) is 10.6 Å². The molecule has 1 saturated carbocycles. The van der Waals surface area contributed by atoms with Gasteiger partial charge in [-0.2, -0.15) is 0 Å². The maximum Gasteiger partial charge on any atom is 0.123 e. The fraction of sp³-hybridized carbons (Fsp3) is 0.625. The van der Waals surface area contributed by atoms with Gasteiger partial charge in [-0.1, -0.05) is 11.6 Å². The lowest BCUT2D eigenvalue weighted by molar-refractivity contribution is 0.296. The molecule has 1 heterocycles. The summed E-state index contributed by atoms with van der Waals surface area (Å²) in [5, 5.41) is 7.71. The molecule has 2 N–H and O–H groups in total. The molecule has 0 amide bonds. The van der Waals surface area contributed by atoms with Gasteiger partial charge in [0.05, 0.1) is 6.61 Å². The predicted molar refractivity (Wildman–Crippen MR) is 89.6 cm³/mol. The molecule has 21 heavy (non-hydrogen) atoms. The Morgan fingerprint density at radius 3 is 2.81 bits per heavy atom. The average molecular weight is 331 g/mol. The molecule has 3 rings (SSSR count). The molecule has 0 bridgehead atoms. The minimum Gasteiger partial charge on any atom is -0.493 e. The fourth-order valence-corrected chi connectivity index (χ4v) is 2.81. The van der Waals surface area contributed by atoms with Crippen LogP contribution in [0.3, 0.4) is 0 Å². The maximum atomic E-state index is 6.10. The molecule has 1 aromatic carbocycles. The second kappa shape index (κ2) is 8.23. The van der Waals surface area contributed by atoms with Crippen molar-refractivity contribution >= 4 is 24.0 Å². The van der Waals surface area contributed by atoms with Crippen molar-refractivity contribution in [3.63, 3.8) is 0 Å². The second-order valence-corrected chi connectivity index (χ2v) is 6.43. The van der Waals surface area contributed by atoms with Gasteiger partial charge >= 0.3 is 0 Å². The molecule has 1 aromatic rings. The van der Waals surface area contributed by atoms with Crippen LogP contribution in [0.1, 0.15) is 24.8 Å². The smallest absolute Gasteiger partial charge is 0.123 e. The third-order valence-corrected chi connectivity index (χ3v) is 4.34. The second-order valence-electron chi connectivity index (χ2n) is 6.00. The molecular formula is C16H24Cl2N2O. The zero-order chi connectivity index (χ0) is 13.8. The molecule has 1 atom stereocenters. The van der Waals surface area contributed by atoms with Gasteiger partial charge in [-0.3, -0.25) is 0 Å². The molecule has 0 unspecified atom stereocenters. The van der Waals surface area contributed by atoms with Crippen LogP contribution in [0.4, 0.5) is 0 Å². The van der Waals surface area contributed by atoms with Crippen LogP contribution in [0, 0.1) is 11.8 Å². The van der Waals surface area contributed by atoms with E-state index in [4.69, 9.17) is 16.3 Å².